The van der Waals surface area contributed by atoms with E-state index in [1.165, 1.54) is 0 Å². The number of ether oxygens (including phenoxy) is 1. The largest absolute Gasteiger partial charge is 0.411 e. The van der Waals surface area contributed by atoms with Crippen molar-refractivity contribution in [2.45, 2.75) is 33.1 Å². The summed E-state index contributed by atoms with van der Waals surface area (Å²) in [4.78, 5) is 0. The molecular weight excluding hydrogens is 157 g/mol. The molecule has 0 saturated carbocycles. The third-order valence-corrected chi connectivity index (χ3v) is 1.45. The summed E-state index contributed by atoms with van der Waals surface area (Å²) in [5.74, 6) is 0.123. The maximum atomic E-state index is 11.6. The van der Waals surface area contributed by atoms with E-state index in [0.717, 1.165) is 0 Å². The fourth-order valence-electron chi connectivity index (χ4n) is 0.418. The second kappa shape index (κ2) is 3.95. The van der Waals surface area contributed by atoms with Crippen molar-refractivity contribution < 1.29 is 17.9 Å². The van der Waals surface area contributed by atoms with Crippen molar-refractivity contribution in [3.8, 4) is 0 Å². The molecule has 68 valence electrons. The van der Waals surface area contributed by atoms with Crippen molar-refractivity contribution in [1.82, 2.24) is 0 Å². The van der Waals surface area contributed by atoms with E-state index >= 15 is 0 Å². The van der Waals surface area contributed by atoms with Gasteiger partial charge in [-0.2, -0.15) is 13.2 Å². The number of rotatable bonds is 3. The quantitative estimate of drug-likeness (QED) is 0.632. The Balaban J connectivity index is 3.54. The Morgan fingerprint density at radius 1 is 1.18 bits per heavy atom. The van der Waals surface area contributed by atoms with Crippen LogP contribution in [0.4, 0.5) is 13.2 Å². The molecule has 0 aliphatic carbocycles. The van der Waals surface area contributed by atoms with Gasteiger partial charge in [0.2, 0.25) is 0 Å². The highest BCUT2D eigenvalue weighted by Gasteiger charge is 2.28. The SMILES string of the molecule is CC(C)C(C)OCC(F)(F)F. The van der Waals surface area contributed by atoms with Crippen molar-refractivity contribution in [2.75, 3.05) is 6.61 Å². The van der Waals surface area contributed by atoms with Crippen LogP contribution < -0.4 is 0 Å². The van der Waals surface area contributed by atoms with Crippen LogP contribution in [0.25, 0.3) is 0 Å². The zero-order valence-electron chi connectivity index (χ0n) is 6.90. The van der Waals surface area contributed by atoms with Crippen LogP contribution in [-0.4, -0.2) is 18.9 Å². The molecule has 0 aliphatic heterocycles. The molecule has 0 rings (SSSR count). The third kappa shape index (κ3) is 6.16. The Morgan fingerprint density at radius 3 is 1.91 bits per heavy atom. The molecule has 1 atom stereocenters. The molecule has 0 aromatic carbocycles. The van der Waals surface area contributed by atoms with E-state index in [1.807, 2.05) is 13.8 Å². The molecule has 0 aromatic heterocycles. The lowest BCUT2D eigenvalue weighted by molar-refractivity contribution is -0.187. The van der Waals surface area contributed by atoms with Crippen LogP contribution in [0.2, 0.25) is 0 Å². The first-order chi connectivity index (χ1) is 4.83. The Labute approximate surface area is 64.5 Å². The number of alkyl halides is 3. The highest BCUT2D eigenvalue weighted by molar-refractivity contribution is 4.56. The average Bonchev–Trinajstić information content (AvgIpc) is 1.80. The lowest BCUT2D eigenvalue weighted by atomic mass is 10.1. The predicted octanol–water partition coefficient (Wildman–Crippen LogP) is 2.61. The highest BCUT2D eigenvalue weighted by atomic mass is 19.4. The van der Waals surface area contributed by atoms with Crippen LogP contribution in [0.15, 0.2) is 0 Å². The standard InChI is InChI=1S/C7H13F3O/c1-5(2)6(3)11-4-7(8,9)10/h5-6H,4H2,1-3H3. The van der Waals surface area contributed by atoms with Crippen molar-refractivity contribution >= 4 is 0 Å². The molecule has 0 aliphatic rings. The minimum Gasteiger partial charge on any atom is -0.369 e. The molecule has 0 N–H and O–H groups in total. The zero-order chi connectivity index (χ0) is 9.07. The summed E-state index contributed by atoms with van der Waals surface area (Å²) in [5.41, 5.74) is 0. The van der Waals surface area contributed by atoms with Crippen molar-refractivity contribution in [3.05, 3.63) is 0 Å². The summed E-state index contributed by atoms with van der Waals surface area (Å²) in [6.45, 7) is 4.13. The second-order valence-corrected chi connectivity index (χ2v) is 2.88. The normalized spacial score (nSPS) is 15.5. The minimum atomic E-state index is -4.21. The van der Waals surface area contributed by atoms with Crippen LogP contribution in [0.5, 0.6) is 0 Å². The van der Waals surface area contributed by atoms with E-state index in [4.69, 9.17) is 0 Å². The van der Waals surface area contributed by atoms with E-state index in [2.05, 4.69) is 4.74 Å². The molecule has 0 bridgehead atoms. The lowest BCUT2D eigenvalue weighted by Crippen LogP contribution is -2.24. The van der Waals surface area contributed by atoms with Gasteiger partial charge in [-0.25, -0.2) is 0 Å². The molecule has 0 radical (unpaired) electrons. The van der Waals surface area contributed by atoms with Crippen molar-refractivity contribution in [3.63, 3.8) is 0 Å². The van der Waals surface area contributed by atoms with Gasteiger partial charge in [0.05, 0.1) is 6.10 Å². The van der Waals surface area contributed by atoms with Gasteiger partial charge in [-0.05, 0) is 12.8 Å². The minimum absolute atomic E-state index is 0.123. The van der Waals surface area contributed by atoms with E-state index < -0.39 is 12.8 Å². The first kappa shape index (κ1) is 10.8. The average molecular weight is 170 g/mol. The Bertz CT molecular complexity index is 109. The summed E-state index contributed by atoms with van der Waals surface area (Å²) in [5, 5.41) is 0. The number of halogens is 3. The van der Waals surface area contributed by atoms with Crippen LogP contribution in [0.3, 0.4) is 0 Å². The molecule has 0 spiro atoms. The van der Waals surface area contributed by atoms with Crippen LogP contribution in [-0.2, 0) is 4.74 Å². The first-order valence-corrected chi connectivity index (χ1v) is 3.51. The second-order valence-electron chi connectivity index (χ2n) is 2.88. The third-order valence-electron chi connectivity index (χ3n) is 1.45. The van der Waals surface area contributed by atoms with E-state index in [0.29, 0.717) is 0 Å². The molecule has 0 saturated heterocycles. The summed E-state index contributed by atoms with van der Waals surface area (Å²) in [7, 11) is 0. The Morgan fingerprint density at radius 2 is 1.64 bits per heavy atom. The molecular formula is C7H13F3O. The predicted molar refractivity (Wildman–Crippen MR) is 36.3 cm³/mol. The maximum absolute atomic E-state index is 11.6. The zero-order valence-corrected chi connectivity index (χ0v) is 6.90. The molecule has 1 nitrogen and oxygen atoms in total. The maximum Gasteiger partial charge on any atom is 0.411 e. The van der Waals surface area contributed by atoms with Gasteiger partial charge in [-0.15, -0.1) is 0 Å². The van der Waals surface area contributed by atoms with Crippen LogP contribution in [0.1, 0.15) is 20.8 Å². The van der Waals surface area contributed by atoms with Gasteiger partial charge < -0.3 is 4.74 Å². The summed E-state index contributed by atoms with van der Waals surface area (Å²) in [6.07, 6.45) is -4.54. The smallest absolute Gasteiger partial charge is 0.369 e. The molecule has 11 heavy (non-hydrogen) atoms. The van der Waals surface area contributed by atoms with E-state index in [-0.39, 0.29) is 12.0 Å². The Hall–Kier alpha value is -0.250. The fraction of sp³-hybridized carbons (Fsp3) is 1.00. The summed E-state index contributed by atoms with van der Waals surface area (Å²) >= 11 is 0. The Kier molecular flexibility index (Phi) is 3.86. The van der Waals surface area contributed by atoms with Gasteiger partial charge >= 0.3 is 6.18 Å². The summed E-state index contributed by atoms with van der Waals surface area (Å²) < 4.78 is 39.2. The van der Waals surface area contributed by atoms with Gasteiger partial charge in [-0.3, -0.25) is 0 Å². The molecule has 0 aromatic rings. The molecule has 0 heterocycles. The molecule has 0 amide bonds. The van der Waals surface area contributed by atoms with Gasteiger partial charge in [0, 0.05) is 0 Å². The summed E-state index contributed by atoms with van der Waals surface area (Å²) in [6, 6.07) is 0. The highest BCUT2D eigenvalue weighted by Crippen LogP contribution is 2.17. The number of hydrogen-bond acceptors (Lipinski definition) is 1. The van der Waals surface area contributed by atoms with E-state index in [9.17, 15) is 13.2 Å². The molecule has 4 heteroatoms. The van der Waals surface area contributed by atoms with Crippen LogP contribution >= 0.6 is 0 Å². The molecule has 0 fully saturated rings. The van der Waals surface area contributed by atoms with Gasteiger partial charge in [0.15, 0.2) is 0 Å². The van der Waals surface area contributed by atoms with E-state index in [1.54, 1.807) is 6.92 Å². The first-order valence-electron chi connectivity index (χ1n) is 3.51. The van der Waals surface area contributed by atoms with Gasteiger partial charge in [0.1, 0.15) is 6.61 Å². The van der Waals surface area contributed by atoms with Crippen molar-refractivity contribution in [2.24, 2.45) is 5.92 Å². The van der Waals surface area contributed by atoms with Gasteiger partial charge in [-0.1, -0.05) is 13.8 Å². The topological polar surface area (TPSA) is 9.23 Å². The fourth-order valence-corrected chi connectivity index (χ4v) is 0.418. The van der Waals surface area contributed by atoms with Crippen LogP contribution in [0, 0.1) is 5.92 Å². The van der Waals surface area contributed by atoms with Crippen molar-refractivity contribution in [1.29, 1.82) is 0 Å². The van der Waals surface area contributed by atoms with Gasteiger partial charge in [0.25, 0.3) is 0 Å². The number of hydrogen-bond donors (Lipinski definition) is 0. The molecule has 1 unspecified atom stereocenters. The lowest BCUT2D eigenvalue weighted by Gasteiger charge is -2.17. The monoisotopic (exact) mass is 170 g/mol.